The molecule has 0 aromatic carbocycles. The molecule has 0 N–H and O–H groups in total. The molecule has 0 atom stereocenters. The molecule has 4 nitrogen and oxygen atoms in total. The van der Waals surface area contributed by atoms with Crippen LogP contribution in [-0.4, -0.2) is 21.8 Å². The smallest absolute Gasteiger partial charge is 0.290 e. The Hall–Kier alpha value is -1.14. The molecule has 0 radical (unpaired) electrons. The van der Waals surface area contributed by atoms with Crippen LogP contribution in [0.4, 0.5) is 0 Å². The molecule has 0 unspecified atom stereocenters. The maximum Gasteiger partial charge on any atom is 0.290 e. The molecular formula is C12H11BrN2O2S. The van der Waals surface area contributed by atoms with Gasteiger partial charge in [0, 0.05) is 17.6 Å². The SMILES string of the molecule is O=C(c1ccc(Br)o1)N(Cc1nccs1)C1CC1. The largest absolute Gasteiger partial charge is 0.444 e. The summed E-state index contributed by atoms with van der Waals surface area (Å²) < 4.78 is 5.91. The van der Waals surface area contributed by atoms with Crippen LogP contribution in [0.25, 0.3) is 0 Å². The van der Waals surface area contributed by atoms with Crippen LogP contribution in [0, 0.1) is 0 Å². The predicted octanol–water partition coefficient (Wildman–Crippen LogP) is 3.30. The maximum atomic E-state index is 12.4. The van der Waals surface area contributed by atoms with E-state index in [1.165, 1.54) is 0 Å². The Balaban J connectivity index is 1.79. The predicted molar refractivity (Wildman–Crippen MR) is 71.4 cm³/mol. The van der Waals surface area contributed by atoms with Crippen LogP contribution in [0.3, 0.4) is 0 Å². The van der Waals surface area contributed by atoms with Gasteiger partial charge >= 0.3 is 0 Å². The second-order valence-corrected chi connectivity index (χ2v) is 5.95. The van der Waals surface area contributed by atoms with Crippen molar-refractivity contribution >= 4 is 33.2 Å². The summed E-state index contributed by atoms with van der Waals surface area (Å²) in [4.78, 5) is 18.4. The lowest BCUT2D eigenvalue weighted by molar-refractivity contribution is 0.0696. The van der Waals surface area contributed by atoms with Crippen molar-refractivity contribution in [2.75, 3.05) is 0 Å². The Bertz CT molecular complexity index is 548. The lowest BCUT2D eigenvalue weighted by atomic mass is 10.3. The van der Waals surface area contributed by atoms with E-state index in [9.17, 15) is 4.79 Å². The van der Waals surface area contributed by atoms with Gasteiger partial charge in [0.15, 0.2) is 10.4 Å². The van der Waals surface area contributed by atoms with Crippen LogP contribution < -0.4 is 0 Å². The molecule has 0 saturated heterocycles. The van der Waals surface area contributed by atoms with Crippen LogP contribution in [0.5, 0.6) is 0 Å². The summed E-state index contributed by atoms with van der Waals surface area (Å²) in [6, 6.07) is 3.77. The van der Waals surface area contributed by atoms with Crippen LogP contribution in [0.15, 0.2) is 32.8 Å². The van der Waals surface area contributed by atoms with Crippen molar-refractivity contribution < 1.29 is 9.21 Å². The van der Waals surface area contributed by atoms with E-state index < -0.39 is 0 Å². The van der Waals surface area contributed by atoms with Gasteiger partial charge in [-0.25, -0.2) is 4.98 Å². The van der Waals surface area contributed by atoms with Gasteiger partial charge in [0.05, 0.1) is 6.54 Å². The number of aromatic nitrogens is 1. The number of hydrogen-bond donors (Lipinski definition) is 0. The summed E-state index contributed by atoms with van der Waals surface area (Å²) in [5.74, 6) is 0.323. The second kappa shape index (κ2) is 4.85. The minimum Gasteiger partial charge on any atom is -0.444 e. The first kappa shape index (κ1) is 11.9. The zero-order valence-corrected chi connectivity index (χ0v) is 11.9. The van der Waals surface area contributed by atoms with Gasteiger partial charge in [-0.1, -0.05) is 0 Å². The van der Waals surface area contributed by atoms with Gasteiger partial charge in [-0.05, 0) is 40.9 Å². The van der Waals surface area contributed by atoms with Gasteiger partial charge in [0.25, 0.3) is 5.91 Å². The Labute approximate surface area is 117 Å². The van der Waals surface area contributed by atoms with Crippen LogP contribution in [0.2, 0.25) is 0 Å². The van der Waals surface area contributed by atoms with Gasteiger partial charge in [0.2, 0.25) is 0 Å². The van der Waals surface area contributed by atoms with E-state index >= 15 is 0 Å². The Morgan fingerprint density at radius 3 is 2.94 bits per heavy atom. The summed E-state index contributed by atoms with van der Waals surface area (Å²) in [5, 5.41) is 2.88. The number of carbonyl (C=O) groups excluding carboxylic acids is 1. The van der Waals surface area contributed by atoms with Crippen LogP contribution in [-0.2, 0) is 6.54 Å². The molecule has 0 bridgehead atoms. The summed E-state index contributed by atoms with van der Waals surface area (Å²) >= 11 is 4.78. The molecule has 0 spiro atoms. The molecule has 2 aromatic rings. The molecule has 1 fully saturated rings. The third kappa shape index (κ3) is 2.49. The Morgan fingerprint density at radius 1 is 1.56 bits per heavy atom. The number of hydrogen-bond acceptors (Lipinski definition) is 4. The standard InChI is InChI=1S/C12H11BrN2O2S/c13-10-4-3-9(17-10)12(16)15(8-1-2-8)7-11-14-5-6-18-11/h3-6,8H,1-2,7H2. The summed E-state index contributed by atoms with van der Waals surface area (Å²) in [5.41, 5.74) is 0. The highest BCUT2D eigenvalue weighted by molar-refractivity contribution is 9.10. The van der Waals surface area contributed by atoms with Crippen molar-refractivity contribution in [1.82, 2.24) is 9.88 Å². The van der Waals surface area contributed by atoms with Crippen LogP contribution >= 0.6 is 27.3 Å². The highest BCUT2D eigenvalue weighted by atomic mass is 79.9. The monoisotopic (exact) mass is 326 g/mol. The fraction of sp³-hybridized carbons (Fsp3) is 0.333. The highest BCUT2D eigenvalue weighted by Gasteiger charge is 2.34. The van der Waals surface area contributed by atoms with Crippen molar-refractivity contribution in [2.45, 2.75) is 25.4 Å². The zero-order valence-electron chi connectivity index (χ0n) is 9.51. The fourth-order valence-electron chi connectivity index (χ4n) is 1.80. The number of rotatable bonds is 4. The average molecular weight is 327 g/mol. The topological polar surface area (TPSA) is 46.3 Å². The van der Waals surface area contributed by atoms with E-state index in [1.54, 1.807) is 29.7 Å². The lowest BCUT2D eigenvalue weighted by Gasteiger charge is -2.19. The van der Waals surface area contributed by atoms with Crippen molar-refractivity contribution in [3.63, 3.8) is 0 Å². The maximum absolute atomic E-state index is 12.4. The Kier molecular flexibility index (Phi) is 3.22. The first-order chi connectivity index (χ1) is 8.74. The van der Waals surface area contributed by atoms with E-state index in [2.05, 4.69) is 20.9 Å². The van der Waals surface area contributed by atoms with Crippen molar-refractivity contribution in [3.8, 4) is 0 Å². The fourth-order valence-corrected chi connectivity index (χ4v) is 2.72. The second-order valence-electron chi connectivity index (χ2n) is 4.19. The number of amides is 1. The number of carbonyl (C=O) groups is 1. The van der Waals surface area contributed by atoms with Crippen molar-refractivity contribution in [1.29, 1.82) is 0 Å². The Morgan fingerprint density at radius 2 is 2.39 bits per heavy atom. The van der Waals surface area contributed by atoms with Gasteiger partial charge in [0.1, 0.15) is 5.01 Å². The first-order valence-electron chi connectivity index (χ1n) is 5.69. The van der Waals surface area contributed by atoms with Crippen molar-refractivity contribution in [2.24, 2.45) is 0 Å². The van der Waals surface area contributed by atoms with Gasteiger partial charge in [-0.2, -0.15) is 0 Å². The number of thiazole rings is 1. The summed E-state index contributed by atoms with van der Waals surface area (Å²) in [6.45, 7) is 0.569. The van der Waals surface area contributed by atoms with Crippen LogP contribution in [0.1, 0.15) is 28.4 Å². The quantitative estimate of drug-likeness (QED) is 0.866. The third-order valence-electron chi connectivity index (χ3n) is 2.82. The molecule has 18 heavy (non-hydrogen) atoms. The van der Waals surface area contributed by atoms with Gasteiger partial charge < -0.3 is 9.32 Å². The van der Waals surface area contributed by atoms with Crippen molar-refractivity contribution in [3.05, 3.63) is 39.1 Å². The zero-order chi connectivity index (χ0) is 12.5. The number of furan rings is 1. The lowest BCUT2D eigenvalue weighted by Crippen LogP contribution is -2.32. The van der Waals surface area contributed by atoms with E-state index in [0.717, 1.165) is 17.8 Å². The molecule has 94 valence electrons. The van der Waals surface area contributed by atoms with E-state index in [0.29, 0.717) is 23.0 Å². The molecule has 1 aliphatic rings. The molecule has 3 rings (SSSR count). The molecule has 1 aliphatic carbocycles. The highest BCUT2D eigenvalue weighted by Crippen LogP contribution is 2.30. The van der Waals surface area contributed by atoms with E-state index in [1.807, 2.05) is 10.3 Å². The first-order valence-corrected chi connectivity index (χ1v) is 7.36. The van der Waals surface area contributed by atoms with E-state index in [4.69, 9.17) is 4.42 Å². The molecule has 0 aliphatic heterocycles. The minimum absolute atomic E-state index is 0.0570. The molecule has 2 heterocycles. The third-order valence-corrected chi connectivity index (χ3v) is 4.01. The van der Waals surface area contributed by atoms with Gasteiger partial charge in [-0.15, -0.1) is 11.3 Å². The summed E-state index contributed by atoms with van der Waals surface area (Å²) in [7, 11) is 0. The average Bonchev–Trinajstić information content (AvgIpc) is 2.88. The molecule has 2 aromatic heterocycles. The van der Waals surface area contributed by atoms with Gasteiger partial charge in [-0.3, -0.25) is 4.79 Å². The molecule has 1 amide bonds. The molecule has 1 saturated carbocycles. The molecular weight excluding hydrogens is 316 g/mol. The molecule has 6 heteroatoms. The normalized spacial score (nSPS) is 14.7. The minimum atomic E-state index is -0.0570. The summed E-state index contributed by atoms with van der Waals surface area (Å²) in [6.07, 6.45) is 3.90. The van der Waals surface area contributed by atoms with E-state index in [-0.39, 0.29) is 5.91 Å². The number of nitrogens with zero attached hydrogens (tertiary/aromatic N) is 2. The number of halogens is 1.